The number of anilines is 1. The van der Waals surface area contributed by atoms with Crippen molar-refractivity contribution in [3.8, 4) is 0 Å². The molecule has 0 aromatic heterocycles. The van der Waals surface area contributed by atoms with Crippen molar-refractivity contribution in [3.05, 3.63) is 29.3 Å². The summed E-state index contributed by atoms with van der Waals surface area (Å²) in [5.74, 6) is -2.35. The molecule has 1 saturated carbocycles. The number of esters is 1. The standard InChI is InChI=1S/C16H14ClF3N2O4/c17-6-13(23)21-9-2-7(1-8(3-9)16(18,19)20)15(25)22-11-5-12-10(11)4-14(24)26-12/h1-3,10-12H,4-6H2,(H,21,23)(H,22,25)/t10-,11+,12+/m0/s1. The van der Waals surface area contributed by atoms with Crippen LogP contribution >= 0.6 is 11.6 Å². The number of carbonyl (C=O) groups is 3. The second kappa shape index (κ2) is 6.79. The van der Waals surface area contributed by atoms with Crippen LogP contribution in [0.5, 0.6) is 0 Å². The largest absolute Gasteiger partial charge is 0.462 e. The number of fused-ring (bicyclic) bond motifs is 1. The highest BCUT2D eigenvalue weighted by Gasteiger charge is 2.50. The van der Waals surface area contributed by atoms with Gasteiger partial charge in [0.25, 0.3) is 5.91 Å². The minimum atomic E-state index is -4.69. The molecule has 0 unspecified atom stereocenters. The van der Waals surface area contributed by atoms with Crippen LogP contribution in [0.1, 0.15) is 28.8 Å². The van der Waals surface area contributed by atoms with Gasteiger partial charge in [0.05, 0.1) is 12.0 Å². The summed E-state index contributed by atoms with van der Waals surface area (Å²) in [4.78, 5) is 34.9. The molecule has 0 spiro atoms. The summed E-state index contributed by atoms with van der Waals surface area (Å²) in [6.45, 7) is 0. The Hall–Kier alpha value is -2.29. The lowest BCUT2D eigenvalue weighted by molar-refractivity contribution is -0.143. The molecule has 2 N–H and O–H groups in total. The molecule has 140 valence electrons. The van der Waals surface area contributed by atoms with Gasteiger partial charge in [0, 0.05) is 29.6 Å². The maximum Gasteiger partial charge on any atom is 0.416 e. The molecule has 2 amide bonds. The van der Waals surface area contributed by atoms with E-state index >= 15 is 0 Å². The minimum absolute atomic E-state index is 0.160. The summed E-state index contributed by atoms with van der Waals surface area (Å²) >= 11 is 5.34. The number of amides is 2. The molecular formula is C16H14ClF3N2O4. The third kappa shape index (κ3) is 3.77. The molecule has 3 rings (SSSR count). The number of carbonyl (C=O) groups excluding carboxylic acids is 3. The van der Waals surface area contributed by atoms with Crippen molar-refractivity contribution in [1.82, 2.24) is 5.32 Å². The molecule has 3 atom stereocenters. The van der Waals surface area contributed by atoms with Crippen LogP contribution in [-0.2, 0) is 20.5 Å². The molecule has 0 radical (unpaired) electrons. The van der Waals surface area contributed by atoms with E-state index in [2.05, 4.69) is 10.6 Å². The predicted octanol–water partition coefficient (Wildman–Crippen LogP) is 2.32. The summed E-state index contributed by atoms with van der Waals surface area (Å²) in [5.41, 5.74) is -1.50. The van der Waals surface area contributed by atoms with Crippen molar-refractivity contribution >= 4 is 35.1 Å². The lowest BCUT2D eigenvalue weighted by atomic mass is 9.76. The monoisotopic (exact) mass is 390 g/mol. The fraction of sp³-hybridized carbons (Fsp3) is 0.438. The Bertz CT molecular complexity index is 768. The van der Waals surface area contributed by atoms with E-state index in [1.54, 1.807) is 0 Å². The highest BCUT2D eigenvalue weighted by Crippen LogP contribution is 2.39. The maximum atomic E-state index is 13.1. The predicted molar refractivity (Wildman–Crippen MR) is 84.7 cm³/mol. The van der Waals surface area contributed by atoms with E-state index < -0.39 is 29.4 Å². The quantitative estimate of drug-likeness (QED) is 0.610. The van der Waals surface area contributed by atoms with Crippen LogP contribution in [0.25, 0.3) is 0 Å². The number of nitrogens with one attached hydrogen (secondary N) is 2. The van der Waals surface area contributed by atoms with Gasteiger partial charge in [0.15, 0.2) is 0 Å². The highest BCUT2D eigenvalue weighted by atomic mass is 35.5. The Balaban J connectivity index is 1.79. The number of halogens is 4. The van der Waals surface area contributed by atoms with Gasteiger partial charge >= 0.3 is 12.1 Å². The topological polar surface area (TPSA) is 84.5 Å². The van der Waals surface area contributed by atoms with Crippen molar-refractivity contribution in [2.45, 2.75) is 31.2 Å². The van der Waals surface area contributed by atoms with E-state index in [1.165, 1.54) is 0 Å². The van der Waals surface area contributed by atoms with Gasteiger partial charge in [-0.15, -0.1) is 11.6 Å². The van der Waals surface area contributed by atoms with E-state index in [-0.39, 0.29) is 41.7 Å². The molecule has 10 heteroatoms. The van der Waals surface area contributed by atoms with Crippen molar-refractivity contribution in [1.29, 1.82) is 0 Å². The van der Waals surface area contributed by atoms with Crippen molar-refractivity contribution < 1.29 is 32.3 Å². The first-order chi connectivity index (χ1) is 12.2. The number of hydrogen-bond donors (Lipinski definition) is 2. The van der Waals surface area contributed by atoms with E-state index in [0.29, 0.717) is 12.5 Å². The highest BCUT2D eigenvalue weighted by molar-refractivity contribution is 6.29. The first-order valence-electron chi connectivity index (χ1n) is 7.76. The Morgan fingerprint density at radius 1 is 1.27 bits per heavy atom. The average molecular weight is 391 g/mol. The van der Waals surface area contributed by atoms with Crippen molar-refractivity contribution in [3.63, 3.8) is 0 Å². The molecule has 1 aromatic carbocycles. The SMILES string of the molecule is O=C(CCl)Nc1cc(C(=O)N[C@@H]2C[C@H]3OC(=O)C[C@@H]23)cc(C(F)(F)F)c1. The minimum Gasteiger partial charge on any atom is -0.462 e. The van der Waals surface area contributed by atoms with E-state index in [9.17, 15) is 27.6 Å². The number of ether oxygens (including phenoxy) is 1. The Labute approximate surface area is 151 Å². The fourth-order valence-electron chi connectivity index (χ4n) is 3.09. The number of rotatable bonds is 4. The van der Waals surface area contributed by atoms with E-state index in [4.69, 9.17) is 16.3 Å². The van der Waals surface area contributed by atoms with Crippen LogP contribution in [0.3, 0.4) is 0 Å². The fourth-order valence-corrected chi connectivity index (χ4v) is 3.16. The van der Waals surface area contributed by atoms with E-state index in [1.807, 2.05) is 0 Å². The van der Waals surface area contributed by atoms with Gasteiger partial charge in [0.2, 0.25) is 5.91 Å². The molecule has 0 bridgehead atoms. The molecular weight excluding hydrogens is 377 g/mol. The van der Waals surface area contributed by atoms with Crippen LogP contribution in [0.4, 0.5) is 18.9 Å². The molecule has 1 aromatic rings. The summed E-state index contributed by atoms with van der Waals surface area (Å²) in [6.07, 6.45) is -4.33. The summed E-state index contributed by atoms with van der Waals surface area (Å²) < 4.78 is 44.2. The molecule has 1 heterocycles. The molecule has 2 aliphatic rings. The Kier molecular flexibility index (Phi) is 4.83. The van der Waals surface area contributed by atoms with Crippen molar-refractivity contribution in [2.24, 2.45) is 5.92 Å². The van der Waals surface area contributed by atoms with Crippen LogP contribution in [-0.4, -0.2) is 35.8 Å². The summed E-state index contributed by atoms with van der Waals surface area (Å²) in [7, 11) is 0. The molecule has 1 aliphatic carbocycles. The molecule has 1 aliphatic heterocycles. The summed E-state index contributed by atoms with van der Waals surface area (Å²) in [5, 5.41) is 4.83. The van der Waals surface area contributed by atoms with Crippen LogP contribution in [0, 0.1) is 5.92 Å². The van der Waals surface area contributed by atoms with Crippen LogP contribution in [0.15, 0.2) is 18.2 Å². The smallest absolute Gasteiger partial charge is 0.416 e. The average Bonchev–Trinajstić information content (AvgIpc) is 2.86. The van der Waals surface area contributed by atoms with Gasteiger partial charge < -0.3 is 15.4 Å². The molecule has 2 fully saturated rings. The van der Waals surface area contributed by atoms with E-state index in [0.717, 1.165) is 12.1 Å². The van der Waals surface area contributed by atoms with Crippen LogP contribution in [0.2, 0.25) is 0 Å². The zero-order valence-electron chi connectivity index (χ0n) is 13.2. The zero-order valence-corrected chi connectivity index (χ0v) is 14.0. The molecule has 6 nitrogen and oxygen atoms in total. The second-order valence-electron chi connectivity index (χ2n) is 6.19. The van der Waals surface area contributed by atoms with Gasteiger partial charge in [-0.25, -0.2) is 0 Å². The third-order valence-electron chi connectivity index (χ3n) is 4.41. The first-order valence-corrected chi connectivity index (χ1v) is 8.29. The number of benzene rings is 1. The van der Waals surface area contributed by atoms with Crippen molar-refractivity contribution in [2.75, 3.05) is 11.2 Å². The second-order valence-corrected chi connectivity index (χ2v) is 6.46. The van der Waals surface area contributed by atoms with Gasteiger partial charge in [0.1, 0.15) is 12.0 Å². The van der Waals surface area contributed by atoms with Crippen LogP contribution < -0.4 is 10.6 Å². The number of alkyl halides is 4. The van der Waals surface area contributed by atoms with Gasteiger partial charge in [-0.1, -0.05) is 0 Å². The Morgan fingerprint density at radius 2 is 2.00 bits per heavy atom. The normalized spacial score (nSPS) is 24.3. The lowest BCUT2D eigenvalue weighted by Crippen LogP contribution is -2.53. The van der Waals surface area contributed by atoms with Gasteiger partial charge in [-0.3, -0.25) is 14.4 Å². The Morgan fingerprint density at radius 3 is 2.62 bits per heavy atom. The molecule has 1 saturated heterocycles. The first kappa shape index (κ1) is 18.5. The lowest BCUT2D eigenvalue weighted by Gasteiger charge is -2.38. The van der Waals surface area contributed by atoms with Gasteiger partial charge in [-0.05, 0) is 18.2 Å². The maximum absolute atomic E-state index is 13.1. The zero-order chi connectivity index (χ0) is 19.1. The third-order valence-corrected chi connectivity index (χ3v) is 4.65. The number of hydrogen-bond acceptors (Lipinski definition) is 4. The summed E-state index contributed by atoms with van der Waals surface area (Å²) in [6, 6.07) is 2.23. The molecule has 26 heavy (non-hydrogen) atoms. The van der Waals surface area contributed by atoms with Gasteiger partial charge in [-0.2, -0.15) is 13.2 Å².